The summed E-state index contributed by atoms with van der Waals surface area (Å²) in [5, 5.41) is 5.77. The molecule has 2 N–H and O–H groups in total. The van der Waals surface area contributed by atoms with E-state index in [1.165, 1.54) is 7.05 Å². The molecule has 5 heteroatoms. The fourth-order valence-corrected chi connectivity index (χ4v) is 2.46. The Morgan fingerprint density at radius 2 is 1.57 bits per heavy atom. The number of carbonyl (C=O) groups excluding carboxylic acids is 2. The van der Waals surface area contributed by atoms with E-state index >= 15 is 0 Å². The minimum absolute atomic E-state index is 0.0164. The van der Waals surface area contributed by atoms with E-state index in [1.54, 1.807) is 0 Å². The van der Waals surface area contributed by atoms with Gasteiger partial charge in [-0.2, -0.15) is 0 Å². The molecule has 0 aliphatic rings. The number of halogens is 1. The number of carbonyl (C=O) groups is 2. The second-order valence-corrected chi connectivity index (χ2v) is 5.61. The van der Waals surface area contributed by atoms with Crippen LogP contribution in [0.1, 0.15) is 23.5 Å². The van der Waals surface area contributed by atoms with E-state index in [2.05, 4.69) is 10.6 Å². The summed E-state index contributed by atoms with van der Waals surface area (Å²) >= 11 is 5.94. The minimum atomic E-state index is -0.221. The van der Waals surface area contributed by atoms with Crippen LogP contribution >= 0.6 is 11.6 Å². The van der Waals surface area contributed by atoms with E-state index in [4.69, 9.17) is 11.6 Å². The summed E-state index contributed by atoms with van der Waals surface area (Å²) < 4.78 is 0. The molecule has 0 bridgehead atoms. The van der Waals surface area contributed by atoms with Crippen LogP contribution in [0.25, 0.3) is 0 Å². The van der Waals surface area contributed by atoms with Crippen molar-refractivity contribution in [3.8, 4) is 0 Å². The van der Waals surface area contributed by atoms with Crippen LogP contribution in [-0.2, 0) is 9.59 Å². The van der Waals surface area contributed by atoms with Gasteiger partial charge in [0.1, 0.15) is 0 Å². The van der Waals surface area contributed by atoms with Gasteiger partial charge in [-0.1, -0.05) is 54.1 Å². The summed E-state index contributed by atoms with van der Waals surface area (Å²) in [5.41, 5.74) is 2.06. The molecule has 2 rings (SSSR count). The van der Waals surface area contributed by atoms with Crippen LogP contribution in [0.3, 0.4) is 0 Å². The summed E-state index contributed by atoms with van der Waals surface area (Å²) in [6.07, 6.45) is 0.267. The van der Waals surface area contributed by atoms with Crippen molar-refractivity contribution in [3.63, 3.8) is 0 Å². The monoisotopic (exact) mass is 330 g/mol. The molecule has 0 heterocycles. The number of amides is 2. The number of hydrogen-bond acceptors (Lipinski definition) is 2. The van der Waals surface area contributed by atoms with Crippen LogP contribution in [0, 0.1) is 0 Å². The maximum Gasteiger partial charge on any atom is 0.239 e. The first-order valence-electron chi connectivity index (χ1n) is 7.38. The molecule has 0 unspecified atom stereocenters. The molecule has 23 heavy (non-hydrogen) atoms. The molecule has 0 saturated heterocycles. The van der Waals surface area contributed by atoms with Crippen molar-refractivity contribution < 1.29 is 9.59 Å². The van der Waals surface area contributed by atoms with E-state index < -0.39 is 0 Å². The summed E-state index contributed by atoms with van der Waals surface area (Å²) in [6, 6.07) is 17.3. The Morgan fingerprint density at radius 1 is 0.957 bits per heavy atom. The molecule has 1 atom stereocenters. The Balaban J connectivity index is 2.16. The third kappa shape index (κ3) is 5.11. The smallest absolute Gasteiger partial charge is 0.239 e. The quantitative estimate of drug-likeness (QED) is 0.855. The highest BCUT2D eigenvalue weighted by atomic mass is 35.5. The lowest BCUT2D eigenvalue weighted by molar-refractivity contribution is -0.126. The van der Waals surface area contributed by atoms with Gasteiger partial charge in [0.05, 0.1) is 6.54 Å². The zero-order valence-electron chi connectivity index (χ0n) is 12.9. The average Bonchev–Trinajstić information content (AvgIpc) is 2.59. The Morgan fingerprint density at radius 3 is 2.17 bits per heavy atom. The lowest BCUT2D eigenvalue weighted by Crippen LogP contribution is -2.35. The maximum atomic E-state index is 12.2. The molecule has 0 fully saturated rings. The van der Waals surface area contributed by atoms with Crippen LogP contribution < -0.4 is 10.6 Å². The largest absolute Gasteiger partial charge is 0.358 e. The molecule has 0 saturated carbocycles. The summed E-state index contributed by atoms with van der Waals surface area (Å²) in [4.78, 5) is 23.4. The van der Waals surface area contributed by atoms with Crippen molar-refractivity contribution >= 4 is 23.4 Å². The normalized spacial score (nSPS) is 11.6. The van der Waals surface area contributed by atoms with Crippen molar-refractivity contribution in [2.24, 2.45) is 0 Å². The molecule has 4 nitrogen and oxygen atoms in total. The zero-order chi connectivity index (χ0) is 16.7. The van der Waals surface area contributed by atoms with Gasteiger partial charge in [-0.05, 0) is 23.3 Å². The van der Waals surface area contributed by atoms with Gasteiger partial charge in [0.25, 0.3) is 0 Å². The van der Waals surface area contributed by atoms with E-state index in [0.29, 0.717) is 5.02 Å². The van der Waals surface area contributed by atoms with E-state index in [-0.39, 0.29) is 30.7 Å². The first-order chi connectivity index (χ1) is 11.1. The number of hydrogen-bond donors (Lipinski definition) is 2. The topological polar surface area (TPSA) is 58.2 Å². The lowest BCUT2D eigenvalue weighted by atomic mass is 9.88. The second-order valence-electron chi connectivity index (χ2n) is 5.17. The number of benzene rings is 2. The van der Waals surface area contributed by atoms with E-state index in [0.717, 1.165) is 11.1 Å². The van der Waals surface area contributed by atoms with Crippen LogP contribution in [-0.4, -0.2) is 25.4 Å². The molecule has 0 aliphatic carbocycles. The maximum absolute atomic E-state index is 12.2. The SMILES string of the molecule is CNC(=O)CNC(=O)C[C@H](c1ccccc1)c1ccc(Cl)cc1. The Bertz CT molecular complexity index is 656. The van der Waals surface area contributed by atoms with Gasteiger partial charge in [0, 0.05) is 24.4 Å². The van der Waals surface area contributed by atoms with Gasteiger partial charge in [-0.25, -0.2) is 0 Å². The lowest BCUT2D eigenvalue weighted by Gasteiger charge is -2.18. The van der Waals surface area contributed by atoms with Crippen molar-refractivity contribution in [3.05, 3.63) is 70.7 Å². The van der Waals surface area contributed by atoms with Gasteiger partial charge in [-0.3, -0.25) is 9.59 Å². The van der Waals surface area contributed by atoms with Crippen molar-refractivity contribution in [2.45, 2.75) is 12.3 Å². The van der Waals surface area contributed by atoms with Crippen LogP contribution in [0.4, 0.5) is 0 Å². The van der Waals surface area contributed by atoms with Gasteiger partial charge >= 0.3 is 0 Å². The molecular formula is C18H19ClN2O2. The summed E-state index contributed by atoms with van der Waals surface area (Å²) in [7, 11) is 1.54. The fraction of sp³-hybridized carbons (Fsp3) is 0.222. The number of nitrogens with one attached hydrogen (secondary N) is 2. The Kier molecular flexibility index (Phi) is 6.18. The first-order valence-corrected chi connectivity index (χ1v) is 7.75. The summed E-state index contributed by atoms with van der Waals surface area (Å²) in [6.45, 7) is -0.0164. The molecule has 0 aromatic heterocycles. The number of rotatable bonds is 6. The van der Waals surface area contributed by atoms with E-state index in [1.807, 2.05) is 54.6 Å². The predicted octanol–water partition coefficient (Wildman–Crippen LogP) is 2.72. The highest BCUT2D eigenvalue weighted by Gasteiger charge is 2.18. The van der Waals surface area contributed by atoms with Crippen LogP contribution in [0.5, 0.6) is 0 Å². The predicted molar refractivity (Wildman–Crippen MR) is 91.4 cm³/mol. The highest BCUT2D eigenvalue weighted by molar-refractivity contribution is 6.30. The summed E-state index contributed by atoms with van der Waals surface area (Å²) in [5.74, 6) is -0.475. The molecular weight excluding hydrogens is 312 g/mol. The third-order valence-corrected chi connectivity index (χ3v) is 3.84. The van der Waals surface area contributed by atoms with E-state index in [9.17, 15) is 9.59 Å². The molecule has 0 spiro atoms. The average molecular weight is 331 g/mol. The van der Waals surface area contributed by atoms with Gasteiger partial charge < -0.3 is 10.6 Å². The number of likely N-dealkylation sites (N-methyl/N-ethyl adjacent to an activating group) is 1. The Labute approximate surface area is 140 Å². The van der Waals surface area contributed by atoms with Gasteiger partial charge in [0.2, 0.25) is 11.8 Å². The van der Waals surface area contributed by atoms with Crippen molar-refractivity contribution in [1.29, 1.82) is 0 Å². The fourth-order valence-electron chi connectivity index (χ4n) is 2.33. The van der Waals surface area contributed by atoms with Gasteiger partial charge in [-0.15, -0.1) is 0 Å². The standard InChI is InChI=1S/C18H19ClN2O2/c1-20-18(23)12-21-17(22)11-16(13-5-3-2-4-6-13)14-7-9-15(19)10-8-14/h2-10,16H,11-12H2,1H3,(H,20,23)(H,21,22)/t16-/m1/s1. The van der Waals surface area contributed by atoms with Crippen LogP contribution in [0.15, 0.2) is 54.6 Å². The minimum Gasteiger partial charge on any atom is -0.358 e. The molecule has 2 aromatic carbocycles. The highest BCUT2D eigenvalue weighted by Crippen LogP contribution is 2.28. The van der Waals surface area contributed by atoms with Crippen molar-refractivity contribution in [1.82, 2.24) is 10.6 Å². The molecule has 0 radical (unpaired) electrons. The molecule has 120 valence electrons. The van der Waals surface area contributed by atoms with Gasteiger partial charge in [0.15, 0.2) is 0 Å². The Hall–Kier alpha value is -2.33. The second kappa shape index (κ2) is 8.34. The third-order valence-electron chi connectivity index (χ3n) is 3.59. The van der Waals surface area contributed by atoms with Crippen LogP contribution in [0.2, 0.25) is 5.02 Å². The first kappa shape index (κ1) is 17.0. The molecule has 0 aliphatic heterocycles. The molecule has 2 amide bonds. The zero-order valence-corrected chi connectivity index (χ0v) is 13.6. The van der Waals surface area contributed by atoms with Crippen molar-refractivity contribution in [2.75, 3.05) is 13.6 Å². The molecule has 2 aromatic rings.